The van der Waals surface area contributed by atoms with Gasteiger partial charge in [0.05, 0.1) is 11.6 Å². The van der Waals surface area contributed by atoms with Crippen molar-refractivity contribution < 1.29 is 17.0 Å². The molecule has 0 unspecified atom stereocenters. The predicted molar refractivity (Wildman–Crippen MR) is 70.4 cm³/mol. The van der Waals surface area contributed by atoms with Gasteiger partial charge in [-0.2, -0.15) is 13.7 Å². The number of rotatable bonds is 3. The van der Waals surface area contributed by atoms with Crippen molar-refractivity contribution in [2.45, 2.75) is 4.90 Å². The van der Waals surface area contributed by atoms with E-state index in [1.807, 2.05) is 6.07 Å². The summed E-state index contributed by atoms with van der Waals surface area (Å²) >= 11 is 5.56. The van der Waals surface area contributed by atoms with Gasteiger partial charge in [-0.3, -0.25) is 0 Å². The highest BCUT2D eigenvalue weighted by atomic mass is 35.5. The van der Waals surface area contributed by atoms with Crippen LogP contribution in [0.4, 0.5) is 4.39 Å². The van der Waals surface area contributed by atoms with E-state index in [-0.39, 0.29) is 16.3 Å². The van der Waals surface area contributed by atoms with Gasteiger partial charge in [-0.05, 0) is 36.4 Å². The van der Waals surface area contributed by atoms with Crippen LogP contribution >= 0.6 is 11.6 Å². The van der Waals surface area contributed by atoms with Crippen molar-refractivity contribution in [2.24, 2.45) is 0 Å². The highest BCUT2D eigenvalue weighted by Crippen LogP contribution is 2.23. The second kappa shape index (κ2) is 5.49. The van der Waals surface area contributed by atoms with Gasteiger partial charge in [-0.15, -0.1) is 0 Å². The van der Waals surface area contributed by atoms with E-state index in [0.29, 0.717) is 0 Å². The van der Waals surface area contributed by atoms with Gasteiger partial charge in [-0.25, -0.2) is 4.39 Å². The minimum Gasteiger partial charge on any atom is -0.379 e. The molecule has 0 saturated carbocycles. The molecular weight excluding hydrogens is 305 g/mol. The molecule has 0 aliphatic heterocycles. The van der Waals surface area contributed by atoms with Crippen molar-refractivity contribution in [1.29, 1.82) is 5.26 Å². The molecule has 0 aromatic heterocycles. The Morgan fingerprint density at radius 1 is 1.20 bits per heavy atom. The summed E-state index contributed by atoms with van der Waals surface area (Å²) in [5.41, 5.74) is 0.231. The highest BCUT2D eigenvalue weighted by Gasteiger charge is 2.21. The molecule has 0 N–H and O–H groups in total. The van der Waals surface area contributed by atoms with Crippen molar-refractivity contribution in [3.05, 3.63) is 58.9 Å². The van der Waals surface area contributed by atoms with Crippen LogP contribution in [-0.2, 0) is 10.1 Å². The normalized spacial score (nSPS) is 10.8. The fourth-order valence-corrected chi connectivity index (χ4v) is 2.61. The lowest BCUT2D eigenvalue weighted by molar-refractivity contribution is 0.476. The van der Waals surface area contributed by atoms with E-state index < -0.39 is 20.8 Å². The first kappa shape index (κ1) is 14.3. The molecule has 0 bridgehead atoms. The number of nitrogens with zero attached hydrogens (tertiary/aromatic N) is 1. The quantitative estimate of drug-likeness (QED) is 0.817. The van der Waals surface area contributed by atoms with Crippen LogP contribution in [-0.4, -0.2) is 8.42 Å². The number of benzene rings is 2. The Bertz CT molecular complexity index is 800. The zero-order valence-electron chi connectivity index (χ0n) is 9.88. The first-order chi connectivity index (χ1) is 9.42. The van der Waals surface area contributed by atoms with Crippen LogP contribution in [0.15, 0.2) is 47.4 Å². The van der Waals surface area contributed by atoms with Gasteiger partial charge in [-0.1, -0.05) is 17.7 Å². The van der Waals surface area contributed by atoms with Crippen LogP contribution in [0.2, 0.25) is 5.02 Å². The zero-order valence-corrected chi connectivity index (χ0v) is 11.5. The standard InChI is InChI=1S/C13H7ClFNO3S/c14-10-4-5-13(12(15)7-10)20(17,18)19-11-3-1-2-9(6-11)8-16/h1-7H. The van der Waals surface area contributed by atoms with E-state index in [9.17, 15) is 12.8 Å². The lowest BCUT2D eigenvalue weighted by Crippen LogP contribution is -2.11. The molecule has 0 heterocycles. The Morgan fingerprint density at radius 3 is 2.60 bits per heavy atom. The van der Waals surface area contributed by atoms with Crippen molar-refractivity contribution in [3.63, 3.8) is 0 Å². The van der Waals surface area contributed by atoms with Crippen molar-refractivity contribution in [2.75, 3.05) is 0 Å². The van der Waals surface area contributed by atoms with Crippen LogP contribution in [0.5, 0.6) is 5.75 Å². The van der Waals surface area contributed by atoms with Gasteiger partial charge in [0.15, 0.2) is 0 Å². The molecule has 102 valence electrons. The van der Waals surface area contributed by atoms with Crippen LogP contribution in [0.25, 0.3) is 0 Å². The molecule has 0 spiro atoms. The Hall–Kier alpha value is -2.10. The molecule has 0 radical (unpaired) electrons. The third-order valence-electron chi connectivity index (χ3n) is 2.33. The molecule has 7 heteroatoms. The average molecular weight is 312 g/mol. The van der Waals surface area contributed by atoms with Crippen LogP contribution < -0.4 is 4.18 Å². The number of nitriles is 1. The predicted octanol–water partition coefficient (Wildman–Crippen LogP) is 3.12. The van der Waals surface area contributed by atoms with Gasteiger partial charge < -0.3 is 4.18 Å². The lowest BCUT2D eigenvalue weighted by Gasteiger charge is -2.08. The molecule has 20 heavy (non-hydrogen) atoms. The van der Waals surface area contributed by atoms with Gasteiger partial charge in [0.25, 0.3) is 0 Å². The van der Waals surface area contributed by atoms with Gasteiger partial charge >= 0.3 is 10.1 Å². The van der Waals surface area contributed by atoms with Crippen LogP contribution in [0, 0.1) is 17.1 Å². The molecule has 2 rings (SSSR count). The SMILES string of the molecule is N#Cc1cccc(OS(=O)(=O)c2ccc(Cl)cc2F)c1. The van der Waals surface area contributed by atoms with Crippen molar-refractivity contribution in [1.82, 2.24) is 0 Å². The van der Waals surface area contributed by atoms with Gasteiger partial charge in [0.2, 0.25) is 0 Å². The van der Waals surface area contributed by atoms with Crippen LogP contribution in [0.3, 0.4) is 0 Å². The van der Waals surface area contributed by atoms with Crippen molar-refractivity contribution >= 4 is 21.7 Å². The maximum Gasteiger partial charge on any atom is 0.342 e. The summed E-state index contributed by atoms with van der Waals surface area (Å²) < 4.78 is 42.3. The summed E-state index contributed by atoms with van der Waals surface area (Å²) in [4.78, 5) is -0.621. The molecule has 0 fully saturated rings. The fourth-order valence-electron chi connectivity index (χ4n) is 1.47. The second-order valence-corrected chi connectivity index (χ2v) is 5.70. The Kier molecular flexibility index (Phi) is 3.93. The monoisotopic (exact) mass is 311 g/mol. The number of halogens is 2. The molecule has 2 aromatic carbocycles. The average Bonchev–Trinajstić information content (AvgIpc) is 2.37. The Balaban J connectivity index is 2.38. The first-order valence-corrected chi connectivity index (χ1v) is 7.11. The summed E-state index contributed by atoms with van der Waals surface area (Å²) in [6.07, 6.45) is 0. The Labute approximate surface area is 120 Å². The largest absolute Gasteiger partial charge is 0.379 e. The van der Waals surface area contributed by atoms with E-state index in [2.05, 4.69) is 0 Å². The third kappa shape index (κ3) is 3.07. The molecule has 2 aromatic rings. The maximum atomic E-state index is 13.6. The third-order valence-corrected chi connectivity index (χ3v) is 3.85. The molecule has 0 aliphatic rings. The fraction of sp³-hybridized carbons (Fsp3) is 0. The minimum absolute atomic E-state index is 0.0709. The van der Waals surface area contributed by atoms with E-state index in [0.717, 1.165) is 12.1 Å². The second-order valence-electron chi connectivity index (χ2n) is 3.75. The zero-order chi connectivity index (χ0) is 14.8. The van der Waals surface area contributed by atoms with E-state index in [1.165, 1.54) is 30.3 Å². The van der Waals surface area contributed by atoms with Gasteiger partial charge in [0.1, 0.15) is 16.5 Å². The lowest BCUT2D eigenvalue weighted by atomic mass is 10.2. The van der Waals surface area contributed by atoms with E-state index in [4.69, 9.17) is 21.0 Å². The van der Waals surface area contributed by atoms with E-state index >= 15 is 0 Å². The summed E-state index contributed by atoms with van der Waals surface area (Å²) in [5, 5.41) is 8.80. The highest BCUT2D eigenvalue weighted by molar-refractivity contribution is 7.87. The molecule has 4 nitrogen and oxygen atoms in total. The summed E-state index contributed by atoms with van der Waals surface area (Å²) in [6.45, 7) is 0. The molecule has 0 saturated heterocycles. The summed E-state index contributed by atoms with van der Waals surface area (Å²) in [6, 6.07) is 10.5. The summed E-state index contributed by atoms with van der Waals surface area (Å²) in [5.74, 6) is -1.08. The number of hydrogen-bond acceptors (Lipinski definition) is 4. The number of hydrogen-bond donors (Lipinski definition) is 0. The molecule has 0 atom stereocenters. The Morgan fingerprint density at radius 2 is 1.95 bits per heavy atom. The maximum absolute atomic E-state index is 13.6. The van der Waals surface area contributed by atoms with Crippen LogP contribution in [0.1, 0.15) is 5.56 Å². The van der Waals surface area contributed by atoms with Gasteiger partial charge in [0, 0.05) is 5.02 Å². The molecular formula is C13H7ClFNO3S. The molecule has 0 amide bonds. The van der Waals surface area contributed by atoms with Crippen molar-refractivity contribution in [3.8, 4) is 11.8 Å². The smallest absolute Gasteiger partial charge is 0.342 e. The van der Waals surface area contributed by atoms with E-state index in [1.54, 1.807) is 0 Å². The molecule has 0 aliphatic carbocycles. The summed E-state index contributed by atoms with van der Waals surface area (Å²) in [7, 11) is -4.33. The topological polar surface area (TPSA) is 67.2 Å². The first-order valence-electron chi connectivity index (χ1n) is 5.32. The minimum atomic E-state index is -4.33.